The molecular formula is C22H28FN3O4. The molecule has 0 fully saturated rings. The van der Waals surface area contributed by atoms with Gasteiger partial charge in [-0.1, -0.05) is 24.3 Å². The predicted octanol–water partition coefficient (Wildman–Crippen LogP) is 3.60. The molecule has 2 amide bonds. The number of nitrogens with one attached hydrogen (secondary N) is 2. The fourth-order valence-electron chi connectivity index (χ4n) is 3.15. The summed E-state index contributed by atoms with van der Waals surface area (Å²) in [5.41, 5.74) is -0.226. The summed E-state index contributed by atoms with van der Waals surface area (Å²) >= 11 is 0. The number of halogens is 1. The van der Waals surface area contributed by atoms with Crippen LogP contribution in [-0.2, 0) is 14.3 Å². The number of fused-ring (bicyclic) bond motifs is 1. The Morgan fingerprint density at radius 1 is 1.20 bits per heavy atom. The van der Waals surface area contributed by atoms with Crippen molar-refractivity contribution in [2.24, 2.45) is 4.99 Å². The number of amides is 2. The fraction of sp³-hybridized carbons (Fsp3) is 0.500. The van der Waals surface area contributed by atoms with E-state index in [9.17, 15) is 14.0 Å². The van der Waals surface area contributed by atoms with E-state index < -0.39 is 29.3 Å². The Labute approximate surface area is 175 Å². The Morgan fingerprint density at radius 3 is 2.57 bits per heavy atom. The highest BCUT2D eigenvalue weighted by atomic mass is 19.1. The Bertz CT molecular complexity index is 891. The summed E-state index contributed by atoms with van der Waals surface area (Å²) in [6.07, 6.45) is 8.27. The first-order chi connectivity index (χ1) is 13.9. The van der Waals surface area contributed by atoms with Gasteiger partial charge in [0.05, 0.1) is 0 Å². The minimum absolute atomic E-state index is 0.0732. The van der Waals surface area contributed by atoms with Gasteiger partial charge in [-0.25, -0.2) is 14.2 Å². The van der Waals surface area contributed by atoms with Gasteiger partial charge in [0.2, 0.25) is 0 Å². The molecular weight excluding hydrogens is 389 g/mol. The summed E-state index contributed by atoms with van der Waals surface area (Å²) in [6, 6.07) is -0.177. The van der Waals surface area contributed by atoms with E-state index in [1.54, 1.807) is 40.7 Å². The van der Waals surface area contributed by atoms with Gasteiger partial charge < -0.3 is 14.8 Å². The lowest BCUT2D eigenvalue weighted by Crippen LogP contribution is -2.56. The van der Waals surface area contributed by atoms with Crippen molar-refractivity contribution >= 4 is 18.0 Å². The molecule has 1 aliphatic heterocycles. The zero-order chi connectivity index (χ0) is 22.1. The van der Waals surface area contributed by atoms with E-state index in [4.69, 9.17) is 9.47 Å². The first-order valence-electron chi connectivity index (χ1n) is 9.96. The van der Waals surface area contributed by atoms with Crippen molar-refractivity contribution in [2.75, 3.05) is 0 Å². The molecule has 0 aromatic carbocycles. The number of carbonyl (C=O) groups is 2. The van der Waals surface area contributed by atoms with Gasteiger partial charge in [0.15, 0.2) is 0 Å². The molecule has 3 rings (SSSR count). The number of alkyl halides is 1. The largest absolute Gasteiger partial charge is 0.444 e. The molecule has 1 heterocycles. The molecule has 0 radical (unpaired) electrons. The maximum atomic E-state index is 13.4. The molecule has 0 aromatic rings. The van der Waals surface area contributed by atoms with E-state index in [1.807, 2.05) is 18.2 Å². The maximum Gasteiger partial charge on any atom is 0.408 e. The lowest BCUT2D eigenvalue weighted by molar-refractivity contribution is -0.125. The molecule has 30 heavy (non-hydrogen) atoms. The van der Waals surface area contributed by atoms with Crippen molar-refractivity contribution in [3.05, 3.63) is 47.3 Å². The second-order valence-electron chi connectivity index (χ2n) is 8.94. The number of hydrogen-bond acceptors (Lipinski definition) is 5. The van der Waals surface area contributed by atoms with Crippen molar-refractivity contribution in [3.8, 4) is 0 Å². The summed E-state index contributed by atoms with van der Waals surface area (Å²) in [4.78, 5) is 29.2. The third-order valence-corrected chi connectivity index (χ3v) is 4.65. The van der Waals surface area contributed by atoms with Crippen LogP contribution in [0.25, 0.3) is 0 Å². The van der Waals surface area contributed by atoms with Gasteiger partial charge in [0, 0.05) is 12.0 Å². The number of carbonyl (C=O) groups excluding carboxylic acids is 2. The number of aliphatic imine (C=N–C) groups is 1. The van der Waals surface area contributed by atoms with Crippen molar-refractivity contribution in [2.45, 2.75) is 70.8 Å². The van der Waals surface area contributed by atoms with Gasteiger partial charge in [-0.15, -0.1) is 0 Å². The lowest BCUT2D eigenvalue weighted by atomic mass is 9.92. The van der Waals surface area contributed by atoms with E-state index in [1.165, 1.54) is 6.08 Å². The summed E-state index contributed by atoms with van der Waals surface area (Å²) < 4.78 is 24.4. The van der Waals surface area contributed by atoms with Crippen LogP contribution in [0, 0.1) is 0 Å². The maximum absolute atomic E-state index is 13.4. The van der Waals surface area contributed by atoms with Crippen LogP contribution in [0.3, 0.4) is 0 Å². The monoisotopic (exact) mass is 417 g/mol. The molecule has 8 heteroatoms. The van der Waals surface area contributed by atoms with E-state index in [0.29, 0.717) is 18.6 Å². The van der Waals surface area contributed by atoms with Crippen molar-refractivity contribution in [1.82, 2.24) is 10.6 Å². The van der Waals surface area contributed by atoms with Gasteiger partial charge in [-0.05, 0) is 52.7 Å². The van der Waals surface area contributed by atoms with Crippen LogP contribution in [0.5, 0.6) is 0 Å². The van der Waals surface area contributed by atoms with Crippen LogP contribution in [0.1, 0.15) is 47.5 Å². The van der Waals surface area contributed by atoms with Crippen LogP contribution >= 0.6 is 0 Å². The summed E-state index contributed by atoms with van der Waals surface area (Å²) in [5.74, 6) is 0.136. The molecule has 0 saturated heterocycles. The molecule has 2 aliphatic carbocycles. The second-order valence-corrected chi connectivity index (χ2v) is 8.94. The van der Waals surface area contributed by atoms with E-state index in [-0.39, 0.29) is 12.1 Å². The average molecular weight is 417 g/mol. The Hall–Kier alpha value is -2.90. The average Bonchev–Trinajstić information content (AvgIpc) is 3.02. The Balaban J connectivity index is 1.67. The highest BCUT2D eigenvalue weighted by Crippen LogP contribution is 2.33. The molecule has 2 unspecified atom stereocenters. The minimum Gasteiger partial charge on any atom is -0.444 e. The number of allylic oxidation sites excluding steroid dienone is 6. The third kappa shape index (κ3) is 5.17. The van der Waals surface area contributed by atoms with Gasteiger partial charge in [-0.2, -0.15) is 0 Å². The fourth-order valence-corrected chi connectivity index (χ4v) is 3.15. The highest BCUT2D eigenvalue weighted by molar-refractivity contribution is 6.01. The van der Waals surface area contributed by atoms with Crippen LogP contribution in [0.15, 0.2) is 52.3 Å². The van der Waals surface area contributed by atoms with Crippen molar-refractivity contribution in [3.63, 3.8) is 0 Å². The molecule has 2 N–H and O–H groups in total. The summed E-state index contributed by atoms with van der Waals surface area (Å²) in [5, 5.41) is 5.19. The molecule has 0 bridgehead atoms. The van der Waals surface area contributed by atoms with Gasteiger partial charge >= 0.3 is 6.09 Å². The molecule has 0 spiro atoms. The van der Waals surface area contributed by atoms with Crippen LogP contribution in [-0.4, -0.2) is 41.4 Å². The first-order valence-corrected chi connectivity index (χ1v) is 9.96. The van der Waals surface area contributed by atoms with Crippen LogP contribution in [0.2, 0.25) is 0 Å². The van der Waals surface area contributed by atoms with E-state index in [0.717, 1.165) is 11.1 Å². The van der Waals surface area contributed by atoms with Crippen molar-refractivity contribution in [1.29, 1.82) is 0 Å². The molecule has 3 aliphatic rings. The summed E-state index contributed by atoms with van der Waals surface area (Å²) in [7, 11) is 0. The molecule has 2 atom stereocenters. The number of ether oxygens (including phenoxy) is 2. The van der Waals surface area contributed by atoms with Crippen molar-refractivity contribution < 1.29 is 23.5 Å². The summed E-state index contributed by atoms with van der Waals surface area (Å²) in [6.45, 7) is 8.35. The molecule has 162 valence electrons. The third-order valence-electron chi connectivity index (χ3n) is 4.65. The quantitative estimate of drug-likeness (QED) is 0.734. The first kappa shape index (κ1) is 21.8. The number of rotatable bonds is 3. The minimum atomic E-state index is -1.25. The second kappa shape index (κ2) is 8.08. The number of alkyl carbamates (subject to hydrolysis) is 1. The highest BCUT2D eigenvalue weighted by Gasteiger charge is 2.36. The topological polar surface area (TPSA) is 89.0 Å². The standard InChI is InChI=1S/C22H28FN3O4/c1-21(2,3)30-20(28)26-22(4,5)18(27)25-19-24-16-8-6-7-15(17(16)29-19)13-9-11-14(23)12-10-13/h6-7,9-11,14,16H,8,12H2,1-5H3,(H,26,28)(H,24,25,27). The van der Waals surface area contributed by atoms with Crippen LogP contribution < -0.4 is 10.6 Å². The zero-order valence-corrected chi connectivity index (χ0v) is 17.9. The van der Waals surface area contributed by atoms with Gasteiger partial charge in [-0.3, -0.25) is 10.1 Å². The SMILES string of the molecule is CC(C)(C)OC(=O)NC(C)(C)C(=O)NC1=NC2CC=CC(C3=CCC(F)C=C3)=C2O1. The number of amidine groups is 1. The molecule has 0 aromatic heterocycles. The van der Waals surface area contributed by atoms with Gasteiger partial charge in [0.25, 0.3) is 11.9 Å². The normalized spacial score (nSPS) is 23.3. The number of nitrogens with zero attached hydrogens (tertiary/aromatic N) is 1. The lowest BCUT2D eigenvalue weighted by Gasteiger charge is -2.27. The predicted molar refractivity (Wildman–Crippen MR) is 111 cm³/mol. The zero-order valence-electron chi connectivity index (χ0n) is 17.9. The molecule has 0 saturated carbocycles. The van der Waals surface area contributed by atoms with E-state index >= 15 is 0 Å². The Kier molecular flexibility index (Phi) is 5.87. The smallest absolute Gasteiger partial charge is 0.408 e. The van der Waals surface area contributed by atoms with Crippen LogP contribution in [0.4, 0.5) is 9.18 Å². The number of hydrogen-bond donors (Lipinski definition) is 2. The Morgan fingerprint density at radius 2 is 1.93 bits per heavy atom. The van der Waals surface area contributed by atoms with E-state index in [2.05, 4.69) is 15.6 Å². The van der Waals surface area contributed by atoms with Gasteiger partial charge in [0.1, 0.15) is 29.1 Å². The molecule has 7 nitrogen and oxygen atoms in total.